The lowest BCUT2D eigenvalue weighted by atomic mass is 10.3. The number of ether oxygens (including phenoxy) is 1. The number of nitrogens with two attached hydrogens (primary N) is 1. The van der Waals surface area contributed by atoms with Gasteiger partial charge in [0.2, 0.25) is 5.96 Å². The number of unbranched alkanes of at least 4 members (excludes halogenated alkanes) is 1. The van der Waals surface area contributed by atoms with Gasteiger partial charge < -0.3 is 10.1 Å². The Kier molecular flexibility index (Phi) is 7.73. The number of guanidine groups is 1. The van der Waals surface area contributed by atoms with Crippen molar-refractivity contribution >= 4 is 5.96 Å². The van der Waals surface area contributed by atoms with Gasteiger partial charge in [-0.25, -0.2) is 5.84 Å². The summed E-state index contributed by atoms with van der Waals surface area (Å²) >= 11 is 0. The Hall–Kier alpha value is -0.810. The van der Waals surface area contributed by atoms with E-state index in [0.29, 0.717) is 5.96 Å². The van der Waals surface area contributed by atoms with Gasteiger partial charge in [0.1, 0.15) is 0 Å². The summed E-state index contributed by atoms with van der Waals surface area (Å²) in [5, 5.41) is 3.04. The highest BCUT2D eigenvalue weighted by Crippen LogP contribution is 1.86. The van der Waals surface area contributed by atoms with Crippen LogP contribution in [0.5, 0.6) is 0 Å². The van der Waals surface area contributed by atoms with Crippen LogP contribution in [0, 0.1) is 0 Å². The van der Waals surface area contributed by atoms with Crippen molar-refractivity contribution in [2.24, 2.45) is 10.8 Å². The van der Waals surface area contributed by atoms with Gasteiger partial charge in [-0.05, 0) is 12.8 Å². The summed E-state index contributed by atoms with van der Waals surface area (Å²) in [7, 11) is 3.38. The van der Waals surface area contributed by atoms with E-state index < -0.39 is 0 Å². The Bertz CT molecular complexity index is 127. The Morgan fingerprint density at radius 2 is 2.25 bits per heavy atom. The normalized spacial score (nSPS) is 11.4. The van der Waals surface area contributed by atoms with Crippen molar-refractivity contribution < 1.29 is 4.74 Å². The van der Waals surface area contributed by atoms with Crippen LogP contribution in [0.15, 0.2) is 4.99 Å². The van der Waals surface area contributed by atoms with Crippen molar-refractivity contribution in [2.45, 2.75) is 12.8 Å². The number of nitrogens with zero attached hydrogens (tertiary/aromatic N) is 1. The van der Waals surface area contributed by atoms with Gasteiger partial charge in [0.05, 0.1) is 0 Å². The number of aliphatic imine (C=N–C) groups is 1. The maximum absolute atomic E-state index is 5.16. The third-order valence-corrected chi connectivity index (χ3v) is 1.43. The van der Waals surface area contributed by atoms with Crippen molar-refractivity contribution in [1.29, 1.82) is 0 Å². The number of methoxy groups -OCH3 is 1. The lowest BCUT2D eigenvalue weighted by Gasteiger charge is -2.07. The van der Waals surface area contributed by atoms with E-state index >= 15 is 0 Å². The summed E-state index contributed by atoms with van der Waals surface area (Å²) < 4.78 is 4.90. The molecule has 0 saturated carbocycles. The Balaban J connectivity index is 3.18. The third-order valence-electron chi connectivity index (χ3n) is 1.43. The molecule has 0 atom stereocenters. The molecule has 0 rings (SSSR count). The monoisotopic (exact) mass is 174 g/mol. The zero-order valence-corrected chi connectivity index (χ0v) is 7.76. The van der Waals surface area contributed by atoms with Crippen LogP contribution in [-0.2, 0) is 4.74 Å². The van der Waals surface area contributed by atoms with E-state index in [-0.39, 0.29) is 0 Å². The van der Waals surface area contributed by atoms with Crippen LogP contribution in [0.25, 0.3) is 0 Å². The first-order valence-corrected chi connectivity index (χ1v) is 4.01. The van der Waals surface area contributed by atoms with Gasteiger partial charge in [0.15, 0.2) is 0 Å². The van der Waals surface area contributed by atoms with Gasteiger partial charge in [-0.2, -0.15) is 0 Å². The van der Waals surface area contributed by atoms with Crippen LogP contribution in [0.4, 0.5) is 0 Å². The van der Waals surface area contributed by atoms with Crippen molar-refractivity contribution in [2.75, 3.05) is 27.3 Å². The second-order valence-electron chi connectivity index (χ2n) is 2.34. The minimum absolute atomic E-state index is 0.618. The summed E-state index contributed by atoms with van der Waals surface area (Å²) in [5.41, 5.74) is 2.45. The fraction of sp³-hybridized carbons (Fsp3) is 0.857. The molecular formula is C7H18N4O. The molecule has 0 bridgehead atoms. The maximum atomic E-state index is 5.16. The third kappa shape index (κ3) is 5.94. The molecule has 0 aromatic carbocycles. The van der Waals surface area contributed by atoms with E-state index in [4.69, 9.17) is 10.6 Å². The largest absolute Gasteiger partial charge is 0.385 e. The van der Waals surface area contributed by atoms with Gasteiger partial charge >= 0.3 is 0 Å². The Morgan fingerprint density at radius 1 is 1.50 bits per heavy atom. The molecule has 0 radical (unpaired) electrons. The lowest BCUT2D eigenvalue weighted by Crippen LogP contribution is -2.41. The fourth-order valence-electron chi connectivity index (χ4n) is 0.773. The number of hydrogen-bond acceptors (Lipinski definition) is 3. The van der Waals surface area contributed by atoms with Crippen molar-refractivity contribution in [3.63, 3.8) is 0 Å². The quantitative estimate of drug-likeness (QED) is 0.172. The smallest absolute Gasteiger partial charge is 0.205 e. The molecule has 0 aromatic rings. The highest BCUT2D eigenvalue weighted by molar-refractivity contribution is 5.78. The Morgan fingerprint density at radius 3 is 2.75 bits per heavy atom. The average molecular weight is 174 g/mol. The number of hydrogen-bond donors (Lipinski definition) is 3. The van der Waals surface area contributed by atoms with Crippen molar-refractivity contribution in [1.82, 2.24) is 10.7 Å². The SMILES string of the molecule is CN=C(NN)NCCCCOC. The standard InChI is InChI=1S/C7H18N4O/c1-9-7(11-8)10-5-3-4-6-12-2/h3-6,8H2,1-2H3,(H2,9,10,11). The molecule has 0 fully saturated rings. The van der Waals surface area contributed by atoms with Crippen LogP contribution in [-0.4, -0.2) is 33.3 Å². The predicted molar refractivity (Wildman–Crippen MR) is 49.8 cm³/mol. The highest BCUT2D eigenvalue weighted by Gasteiger charge is 1.91. The van der Waals surface area contributed by atoms with Crippen LogP contribution in [0.3, 0.4) is 0 Å². The predicted octanol–water partition coefficient (Wildman–Crippen LogP) is -0.548. The first-order chi connectivity index (χ1) is 5.85. The van der Waals surface area contributed by atoms with E-state index in [0.717, 1.165) is 26.0 Å². The topological polar surface area (TPSA) is 71.7 Å². The second-order valence-corrected chi connectivity index (χ2v) is 2.34. The maximum Gasteiger partial charge on any atom is 0.205 e. The van der Waals surface area contributed by atoms with Crippen molar-refractivity contribution in [3.05, 3.63) is 0 Å². The molecule has 72 valence electrons. The van der Waals surface area contributed by atoms with E-state index in [1.54, 1.807) is 14.2 Å². The summed E-state index contributed by atoms with van der Waals surface area (Å²) in [5.74, 6) is 5.77. The van der Waals surface area contributed by atoms with E-state index in [1.807, 2.05) is 0 Å². The molecule has 4 N–H and O–H groups in total. The zero-order valence-electron chi connectivity index (χ0n) is 7.76. The van der Waals surface area contributed by atoms with Gasteiger partial charge in [-0.3, -0.25) is 10.4 Å². The molecule has 0 aliphatic heterocycles. The van der Waals surface area contributed by atoms with E-state index in [9.17, 15) is 0 Å². The molecule has 5 heteroatoms. The summed E-state index contributed by atoms with van der Waals surface area (Å²) in [4.78, 5) is 3.86. The number of hydrazine groups is 1. The molecule has 0 unspecified atom stereocenters. The summed E-state index contributed by atoms with van der Waals surface area (Å²) in [6.45, 7) is 1.66. The van der Waals surface area contributed by atoms with Crippen LogP contribution >= 0.6 is 0 Å². The zero-order chi connectivity index (χ0) is 9.23. The highest BCUT2D eigenvalue weighted by atomic mass is 16.5. The van der Waals surface area contributed by atoms with E-state index in [1.165, 1.54) is 0 Å². The van der Waals surface area contributed by atoms with Gasteiger partial charge in [0, 0.05) is 27.3 Å². The molecule has 5 nitrogen and oxygen atoms in total. The molecule has 0 aromatic heterocycles. The molecule has 0 aliphatic carbocycles. The van der Waals surface area contributed by atoms with Gasteiger partial charge in [-0.1, -0.05) is 0 Å². The minimum Gasteiger partial charge on any atom is -0.385 e. The molecule has 0 amide bonds. The summed E-state index contributed by atoms with van der Waals surface area (Å²) in [6, 6.07) is 0. The molecule has 0 spiro atoms. The minimum atomic E-state index is 0.618. The van der Waals surface area contributed by atoms with Gasteiger partial charge in [0.25, 0.3) is 0 Å². The molecule has 12 heavy (non-hydrogen) atoms. The average Bonchev–Trinajstić information content (AvgIpc) is 2.11. The molecule has 0 heterocycles. The van der Waals surface area contributed by atoms with Crippen LogP contribution < -0.4 is 16.6 Å². The number of rotatable bonds is 5. The summed E-state index contributed by atoms with van der Waals surface area (Å²) in [6.07, 6.45) is 2.10. The lowest BCUT2D eigenvalue weighted by molar-refractivity contribution is 0.193. The number of nitrogens with one attached hydrogen (secondary N) is 2. The van der Waals surface area contributed by atoms with E-state index in [2.05, 4.69) is 15.7 Å². The van der Waals surface area contributed by atoms with Crippen molar-refractivity contribution in [3.8, 4) is 0 Å². The molecular weight excluding hydrogens is 156 g/mol. The molecule has 0 aliphatic rings. The second kappa shape index (κ2) is 8.29. The first kappa shape index (κ1) is 11.2. The fourth-order valence-corrected chi connectivity index (χ4v) is 0.773. The Labute approximate surface area is 73.3 Å². The van der Waals surface area contributed by atoms with Gasteiger partial charge in [-0.15, -0.1) is 0 Å². The van der Waals surface area contributed by atoms with Crippen LogP contribution in [0.2, 0.25) is 0 Å². The molecule has 0 saturated heterocycles. The first-order valence-electron chi connectivity index (χ1n) is 4.01. The van der Waals surface area contributed by atoms with Crippen LogP contribution in [0.1, 0.15) is 12.8 Å².